The van der Waals surface area contributed by atoms with Gasteiger partial charge >= 0.3 is 0 Å². The summed E-state index contributed by atoms with van der Waals surface area (Å²) in [5, 5.41) is 9.86. The second-order valence-electron chi connectivity index (χ2n) is 9.52. The summed E-state index contributed by atoms with van der Waals surface area (Å²) < 4.78 is 16.6. The highest BCUT2D eigenvalue weighted by Gasteiger charge is 2.22. The van der Waals surface area contributed by atoms with Crippen LogP contribution in [-0.2, 0) is 4.74 Å². The molecular weight excluding hydrogens is 499 g/mol. The number of fused-ring (bicyclic) bond motifs is 1. The van der Waals surface area contributed by atoms with Crippen molar-refractivity contribution in [3.63, 3.8) is 0 Å². The first-order valence-corrected chi connectivity index (χ1v) is 13.3. The van der Waals surface area contributed by atoms with Crippen molar-refractivity contribution >= 4 is 45.6 Å². The molecule has 0 spiro atoms. The Kier molecular flexibility index (Phi) is 7.89. The van der Waals surface area contributed by atoms with Crippen molar-refractivity contribution < 1.29 is 14.2 Å². The maximum absolute atomic E-state index is 6.73. The average molecular weight is 531 g/mol. The van der Waals surface area contributed by atoms with Crippen LogP contribution in [0, 0.1) is 5.92 Å². The maximum Gasteiger partial charge on any atom is 0.141 e. The van der Waals surface area contributed by atoms with Gasteiger partial charge in [-0.05, 0) is 43.7 Å². The summed E-state index contributed by atoms with van der Waals surface area (Å²) in [6.45, 7) is 2.39. The first kappa shape index (κ1) is 25.2. The molecule has 1 aliphatic carbocycles. The van der Waals surface area contributed by atoms with Crippen molar-refractivity contribution in [3.05, 3.63) is 34.4 Å². The molecule has 7 nitrogen and oxygen atoms in total. The predicted molar refractivity (Wildman–Crippen MR) is 146 cm³/mol. The largest absolute Gasteiger partial charge is 0.495 e. The van der Waals surface area contributed by atoms with Gasteiger partial charge in [0.15, 0.2) is 0 Å². The maximum atomic E-state index is 6.73. The Morgan fingerprint density at radius 2 is 1.75 bits per heavy atom. The lowest BCUT2D eigenvalue weighted by Crippen LogP contribution is -2.30. The van der Waals surface area contributed by atoms with E-state index in [1.165, 1.54) is 25.7 Å². The molecule has 1 atom stereocenters. The Morgan fingerprint density at radius 1 is 1.00 bits per heavy atom. The summed E-state index contributed by atoms with van der Waals surface area (Å²) in [6, 6.07) is 5.96. The third-order valence-electron chi connectivity index (χ3n) is 7.09. The van der Waals surface area contributed by atoms with Gasteiger partial charge in [-0.3, -0.25) is 0 Å². The van der Waals surface area contributed by atoms with Crippen LogP contribution < -0.4 is 20.1 Å². The topological polar surface area (TPSA) is 77.5 Å². The fourth-order valence-electron chi connectivity index (χ4n) is 5.12. The number of pyridine rings is 2. The number of benzene rings is 1. The number of aromatic nitrogens is 2. The van der Waals surface area contributed by atoms with Gasteiger partial charge in [-0.1, -0.05) is 36.0 Å². The molecule has 1 aromatic carbocycles. The minimum absolute atomic E-state index is 0.257. The van der Waals surface area contributed by atoms with Gasteiger partial charge in [0.2, 0.25) is 0 Å². The third kappa shape index (κ3) is 5.29. The number of methoxy groups -OCH3 is 2. The number of halogens is 2. The summed E-state index contributed by atoms with van der Waals surface area (Å²) in [7, 11) is 3.13. The van der Waals surface area contributed by atoms with E-state index >= 15 is 0 Å². The molecule has 9 heteroatoms. The lowest BCUT2D eigenvalue weighted by Gasteiger charge is -2.24. The van der Waals surface area contributed by atoms with E-state index in [4.69, 9.17) is 42.4 Å². The Bertz CT molecular complexity index is 1200. The van der Waals surface area contributed by atoms with Crippen molar-refractivity contribution in [2.45, 2.75) is 44.6 Å². The molecule has 2 fully saturated rings. The normalized spacial score (nSPS) is 18.4. The molecule has 1 saturated heterocycles. The molecule has 5 rings (SSSR count). The van der Waals surface area contributed by atoms with Crippen molar-refractivity contribution in [2.75, 3.05) is 44.6 Å². The third-order valence-corrected chi connectivity index (χ3v) is 7.84. The van der Waals surface area contributed by atoms with Gasteiger partial charge < -0.3 is 24.8 Å². The molecule has 0 unspecified atom stereocenters. The van der Waals surface area contributed by atoms with Crippen LogP contribution in [0.15, 0.2) is 24.4 Å². The van der Waals surface area contributed by atoms with Crippen molar-refractivity contribution in [2.24, 2.45) is 5.92 Å². The minimum Gasteiger partial charge on any atom is -0.495 e. The molecule has 2 aromatic heterocycles. The van der Waals surface area contributed by atoms with Crippen LogP contribution in [0.5, 0.6) is 11.5 Å². The molecular formula is C27H32Cl2N4O3. The van der Waals surface area contributed by atoms with Crippen LogP contribution in [0.3, 0.4) is 0 Å². The lowest BCUT2D eigenvalue weighted by molar-refractivity contribution is 0.0875. The summed E-state index contributed by atoms with van der Waals surface area (Å²) in [5.41, 5.74) is 1.20. The van der Waals surface area contributed by atoms with Gasteiger partial charge in [0.1, 0.15) is 23.1 Å². The van der Waals surface area contributed by atoms with Gasteiger partial charge in [-0.15, -0.1) is 0 Å². The number of ether oxygens (including phenoxy) is 3. The molecule has 3 heterocycles. The van der Waals surface area contributed by atoms with Crippen molar-refractivity contribution in [1.29, 1.82) is 0 Å². The second kappa shape index (κ2) is 11.3. The summed E-state index contributed by atoms with van der Waals surface area (Å²) in [6.07, 6.45) is 9.05. The van der Waals surface area contributed by atoms with Crippen LogP contribution in [0.2, 0.25) is 10.0 Å². The Labute approximate surface area is 221 Å². The molecule has 2 N–H and O–H groups in total. The molecule has 3 aromatic rings. The van der Waals surface area contributed by atoms with Gasteiger partial charge in [0.25, 0.3) is 0 Å². The van der Waals surface area contributed by atoms with E-state index in [9.17, 15) is 0 Å². The first-order valence-electron chi connectivity index (χ1n) is 12.6. The zero-order valence-electron chi connectivity index (χ0n) is 20.7. The standard InChI is InChI=1S/C27H32Cl2N4O3/c1-34-21-12-22(35-2)26(29)24(25(21)28)20-10-17-14-30-23(32-18-8-5-9-36-15-18)11-19(17)27(33-20)31-13-16-6-3-4-7-16/h10-12,14,16,18H,3-9,13,15H2,1-2H3,(H,30,32)(H,31,33)/t18-/m0/s1. The van der Waals surface area contributed by atoms with E-state index < -0.39 is 0 Å². The van der Waals surface area contributed by atoms with Crippen LogP contribution in [0.1, 0.15) is 38.5 Å². The number of hydrogen-bond donors (Lipinski definition) is 2. The molecule has 0 amide bonds. The molecule has 192 valence electrons. The fourth-order valence-corrected chi connectivity index (χ4v) is 5.81. The number of hydrogen-bond acceptors (Lipinski definition) is 7. The van der Waals surface area contributed by atoms with Gasteiger partial charge in [-0.2, -0.15) is 0 Å². The molecule has 2 aliphatic rings. The predicted octanol–water partition coefficient (Wildman–Crippen LogP) is 6.81. The van der Waals surface area contributed by atoms with Gasteiger partial charge in [-0.25, -0.2) is 9.97 Å². The van der Waals surface area contributed by atoms with Gasteiger partial charge in [0.05, 0.1) is 42.6 Å². The highest BCUT2D eigenvalue weighted by molar-refractivity contribution is 6.41. The monoisotopic (exact) mass is 530 g/mol. The summed E-state index contributed by atoms with van der Waals surface area (Å²) in [5.74, 6) is 3.20. The van der Waals surface area contributed by atoms with Crippen LogP contribution in [0.4, 0.5) is 11.6 Å². The molecule has 0 radical (unpaired) electrons. The Hall–Kier alpha value is -2.48. The van der Waals surface area contributed by atoms with Crippen molar-refractivity contribution in [1.82, 2.24) is 9.97 Å². The average Bonchev–Trinajstić information content (AvgIpc) is 3.42. The van der Waals surface area contributed by atoms with E-state index in [0.29, 0.717) is 45.3 Å². The van der Waals surface area contributed by atoms with Gasteiger partial charge in [0, 0.05) is 41.8 Å². The minimum atomic E-state index is 0.257. The number of anilines is 2. The zero-order valence-corrected chi connectivity index (χ0v) is 22.2. The van der Waals surface area contributed by atoms with E-state index in [0.717, 1.165) is 48.4 Å². The molecule has 0 bridgehead atoms. The SMILES string of the molecule is COc1cc(OC)c(Cl)c(-c2cc3cnc(N[C@H]4CCCOC4)cc3c(NCC3CCCC3)n2)c1Cl. The first-order chi connectivity index (χ1) is 17.6. The number of rotatable bonds is 8. The quantitative estimate of drug-likeness (QED) is 0.331. The molecule has 36 heavy (non-hydrogen) atoms. The highest BCUT2D eigenvalue weighted by Crippen LogP contribution is 2.46. The van der Waals surface area contributed by atoms with E-state index in [-0.39, 0.29) is 6.04 Å². The number of nitrogens with zero attached hydrogens (tertiary/aromatic N) is 2. The van der Waals surface area contributed by atoms with Crippen LogP contribution in [-0.4, -0.2) is 50.0 Å². The molecule has 1 saturated carbocycles. The second-order valence-corrected chi connectivity index (χ2v) is 10.3. The summed E-state index contributed by atoms with van der Waals surface area (Å²) >= 11 is 13.5. The van der Waals surface area contributed by atoms with Crippen LogP contribution >= 0.6 is 23.2 Å². The summed E-state index contributed by atoms with van der Waals surface area (Å²) in [4.78, 5) is 9.71. The Morgan fingerprint density at radius 3 is 2.42 bits per heavy atom. The van der Waals surface area contributed by atoms with E-state index in [2.05, 4.69) is 21.7 Å². The molecule has 1 aliphatic heterocycles. The Balaban J connectivity index is 1.58. The fraction of sp³-hybridized carbons (Fsp3) is 0.481. The smallest absolute Gasteiger partial charge is 0.141 e. The van der Waals surface area contributed by atoms with Crippen LogP contribution in [0.25, 0.3) is 22.0 Å². The zero-order chi connectivity index (χ0) is 25.1. The lowest BCUT2D eigenvalue weighted by atomic mass is 10.1. The van der Waals surface area contributed by atoms with E-state index in [1.807, 2.05) is 12.3 Å². The number of nitrogens with one attached hydrogen (secondary N) is 2. The highest BCUT2D eigenvalue weighted by atomic mass is 35.5. The van der Waals surface area contributed by atoms with E-state index in [1.54, 1.807) is 20.3 Å². The van der Waals surface area contributed by atoms with Crippen molar-refractivity contribution in [3.8, 4) is 22.8 Å².